The van der Waals surface area contributed by atoms with Crippen LogP contribution in [0.15, 0.2) is 34.2 Å². The number of carbonyl (C=O) groups excluding carboxylic acids is 1. The minimum atomic E-state index is -0.328. The van der Waals surface area contributed by atoms with E-state index >= 15 is 0 Å². The van der Waals surface area contributed by atoms with Crippen LogP contribution in [0.25, 0.3) is 10.9 Å². The van der Waals surface area contributed by atoms with Crippen LogP contribution in [-0.4, -0.2) is 40.0 Å². The first kappa shape index (κ1) is 22.8. The Kier molecular flexibility index (Phi) is 8.33. The molecule has 0 radical (unpaired) electrons. The van der Waals surface area contributed by atoms with Gasteiger partial charge in [0.05, 0.1) is 16.2 Å². The van der Waals surface area contributed by atoms with E-state index in [4.69, 9.17) is 9.72 Å². The summed E-state index contributed by atoms with van der Waals surface area (Å²) >= 11 is 1.36. The van der Waals surface area contributed by atoms with Crippen LogP contribution in [0.2, 0.25) is 0 Å². The average Bonchev–Trinajstić information content (AvgIpc) is 2.74. The number of amides is 1. The molecule has 1 aliphatic carbocycles. The lowest BCUT2D eigenvalue weighted by Gasteiger charge is -2.30. The molecule has 1 fully saturated rings. The van der Waals surface area contributed by atoms with Gasteiger partial charge in [-0.15, -0.1) is 0 Å². The van der Waals surface area contributed by atoms with E-state index in [0.717, 1.165) is 19.3 Å². The number of hydrogen-bond acceptors (Lipinski definition) is 5. The van der Waals surface area contributed by atoms with Crippen molar-refractivity contribution in [2.75, 3.05) is 13.2 Å². The molecule has 0 saturated heterocycles. The molecule has 1 N–H and O–H groups in total. The molecule has 2 aromatic rings. The maximum Gasteiger partial charge on any atom is 0.262 e. The molecular formula is C23H33N3O3S. The monoisotopic (exact) mass is 431 g/mol. The first-order chi connectivity index (χ1) is 14.5. The predicted molar refractivity (Wildman–Crippen MR) is 122 cm³/mol. The largest absolute Gasteiger partial charge is 0.382 e. The first-order valence-electron chi connectivity index (χ1n) is 11.1. The van der Waals surface area contributed by atoms with Crippen molar-refractivity contribution in [1.29, 1.82) is 0 Å². The molecule has 1 amide bonds. The Morgan fingerprint density at radius 2 is 2.10 bits per heavy atom. The zero-order chi connectivity index (χ0) is 21.5. The molecule has 0 unspecified atom stereocenters. The van der Waals surface area contributed by atoms with Gasteiger partial charge in [-0.05, 0) is 51.2 Å². The van der Waals surface area contributed by atoms with Crippen LogP contribution < -0.4 is 10.9 Å². The maximum atomic E-state index is 13.1. The number of ether oxygens (including phenoxy) is 1. The van der Waals surface area contributed by atoms with E-state index in [1.165, 1.54) is 24.6 Å². The van der Waals surface area contributed by atoms with E-state index in [2.05, 4.69) is 12.2 Å². The van der Waals surface area contributed by atoms with Crippen molar-refractivity contribution < 1.29 is 9.53 Å². The lowest BCUT2D eigenvalue weighted by Crippen LogP contribution is -2.44. The van der Waals surface area contributed by atoms with E-state index in [9.17, 15) is 9.59 Å². The molecule has 1 heterocycles. The normalized spacial score (nSPS) is 20.2. The molecular weight excluding hydrogens is 398 g/mol. The lowest BCUT2D eigenvalue weighted by atomic mass is 9.86. The van der Waals surface area contributed by atoms with Gasteiger partial charge >= 0.3 is 0 Å². The molecule has 3 rings (SSSR count). The Morgan fingerprint density at radius 1 is 1.33 bits per heavy atom. The Balaban J connectivity index is 1.78. The fourth-order valence-corrected chi connectivity index (χ4v) is 4.89. The van der Waals surface area contributed by atoms with Gasteiger partial charge in [0, 0.05) is 25.8 Å². The number of hydrogen-bond donors (Lipinski definition) is 1. The van der Waals surface area contributed by atoms with Gasteiger partial charge in [0.25, 0.3) is 5.56 Å². The van der Waals surface area contributed by atoms with Gasteiger partial charge in [-0.1, -0.05) is 43.7 Å². The second-order valence-electron chi connectivity index (χ2n) is 8.06. The van der Waals surface area contributed by atoms with Crippen LogP contribution in [0.5, 0.6) is 0 Å². The molecule has 0 aliphatic heterocycles. The van der Waals surface area contributed by atoms with E-state index in [1.54, 1.807) is 10.6 Å². The average molecular weight is 432 g/mol. The van der Waals surface area contributed by atoms with Gasteiger partial charge in [-0.25, -0.2) is 4.98 Å². The minimum absolute atomic E-state index is 0.0158. The quantitative estimate of drug-likeness (QED) is 0.369. The zero-order valence-corrected chi connectivity index (χ0v) is 19.0. The van der Waals surface area contributed by atoms with Crippen molar-refractivity contribution in [2.45, 2.75) is 75.9 Å². The molecule has 3 atom stereocenters. The first-order valence-corrected chi connectivity index (χ1v) is 11.9. The Bertz CT molecular complexity index is 914. The fraction of sp³-hybridized carbons (Fsp3) is 0.609. The highest BCUT2D eigenvalue weighted by Crippen LogP contribution is 2.26. The highest BCUT2D eigenvalue weighted by atomic mass is 32.2. The number of thioether (sulfide) groups is 1. The number of aromatic nitrogens is 2. The summed E-state index contributed by atoms with van der Waals surface area (Å²) in [5, 5.41) is 4.09. The van der Waals surface area contributed by atoms with Crippen LogP contribution in [0, 0.1) is 5.92 Å². The second-order valence-corrected chi connectivity index (χ2v) is 9.36. The third kappa shape index (κ3) is 5.64. The SMILES string of the molecule is CCOCCCn1c(S[C@@H](C)C(=O)N[C@@H]2CCCC[C@@H]2C)nc2ccccc2c1=O. The smallest absolute Gasteiger partial charge is 0.262 e. The molecule has 0 bridgehead atoms. The Morgan fingerprint density at radius 3 is 2.87 bits per heavy atom. The van der Waals surface area contributed by atoms with Crippen molar-refractivity contribution in [2.24, 2.45) is 5.92 Å². The number of fused-ring (bicyclic) bond motifs is 1. The number of benzene rings is 1. The van der Waals surface area contributed by atoms with Gasteiger partial charge in [-0.2, -0.15) is 0 Å². The molecule has 1 aliphatic rings. The Labute approximate surface area is 182 Å². The van der Waals surface area contributed by atoms with Crippen molar-refractivity contribution in [3.8, 4) is 0 Å². The topological polar surface area (TPSA) is 73.2 Å². The molecule has 164 valence electrons. The summed E-state index contributed by atoms with van der Waals surface area (Å²) in [4.78, 5) is 30.7. The van der Waals surface area contributed by atoms with Crippen molar-refractivity contribution in [3.63, 3.8) is 0 Å². The minimum Gasteiger partial charge on any atom is -0.382 e. The summed E-state index contributed by atoms with van der Waals surface area (Å²) in [6, 6.07) is 7.62. The zero-order valence-electron chi connectivity index (χ0n) is 18.2. The van der Waals surface area contributed by atoms with Gasteiger partial charge in [0.2, 0.25) is 5.91 Å². The molecule has 0 spiro atoms. The van der Waals surface area contributed by atoms with Gasteiger partial charge < -0.3 is 10.1 Å². The van der Waals surface area contributed by atoms with Crippen molar-refractivity contribution in [1.82, 2.24) is 14.9 Å². The molecule has 1 aromatic heterocycles. The van der Waals surface area contributed by atoms with Crippen LogP contribution in [0.3, 0.4) is 0 Å². The van der Waals surface area contributed by atoms with Crippen molar-refractivity contribution >= 4 is 28.6 Å². The fourth-order valence-electron chi connectivity index (χ4n) is 3.95. The summed E-state index contributed by atoms with van der Waals surface area (Å²) in [6.07, 6.45) is 5.34. The molecule has 1 aromatic carbocycles. The number of nitrogens with one attached hydrogen (secondary N) is 1. The maximum absolute atomic E-state index is 13.1. The molecule has 30 heavy (non-hydrogen) atoms. The van der Waals surface area contributed by atoms with E-state index in [0.29, 0.717) is 41.7 Å². The predicted octanol–water partition coefficient (Wildman–Crippen LogP) is 4.00. The summed E-state index contributed by atoms with van der Waals surface area (Å²) in [7, 11) is 0. The van der Waals surface area contributed by atoms with Gasteiger partial charge in [0.15, 0.2) is 5.16 Å². The van der Waals surface area contributed by atoms with Crippen LogP contribution in [0.1, 0.15) is 52.9 Å². The summed E-state index contributed by atoms with van der Waals surface area (Å²) in [5.41, 5.74) is 0.604. The molecule has 1 saturated carbocycles. The summed E-state index contributed by atoms with van der Waals surface area (Å²) in [5.74, 6) is 0.525. The Hall–Kier alpha value is -1.86. The summed E-state index contributed by atoms with van der Waals surface area (Å²) < 4.78 is 7.12. The van der Waals surface area contributed by atoms with E-state index in [-0.39, 0.29) is 22.8 Å². The lowest BCUT2D eigenvalue weighted by molar-refractivity contribution is -0.121. The number of carbonyl (C=O) groups is 1. The number of rotatable bonds is 9. The van der Waals surface area contributed by atoms with Crippen LogP contribution >= 0.6 is 11.8 Å². The molecule has 7 heteroatoms. The standard InChI is InChI=1S/C23H33N3O3S/c1-4-29-15-9-14-26-22(28)18-11-6-8-13-20(18)25-23(26)30-17(3)21(27)24-19-12-7-5-10-16(19)2/h6,8,11,13,16-17,19H,4-5,7,9-10,12,14-15H2,1-3H3,(H,24,27)/t16-,17-,19+/m0/s1. The van der Waals surface area contributed by atoms with Crippen molar-refractivity contribution in [3.05, 3.63) is 34.6 Å². The van der Waals surface area contributed by atoms with Crippen LogP contribution in [0.4, 0.5) is 0 Å². The summed E-state index contributed by atoms with van der Waals surface area (Å²) in [6.45, 7) is 7.83. The van der Waals surface area contributed by atoms with Crippen LogP contribution in [-0.2, 0) is 16.1 Å². The highest BCUT2D eigenvalue weighted by Gasteiger charge is 2.26. The molecule has 6 nitrogen and oxygen atoms in total. The third-order valence-corrected chi connectivity index (χ3v) is 6.88. The highest BCUT2D eigenvalue weighted by molar-refractivity contribution is 8.00. The van der Waals surface area contributed by atoms with Gasteiger partial charge in [0.1, 0.15) is 0 Å². The third-order valence-electron chi connectivity index (χ3n) is 5.79. The van der Waals surface area contributed by atoms with Gasteiger partial charge in [-0.3, -0.25) is 14.2 Å². The second kappa shape index (κ2) is 11.0. The number of para-hydroxylation sites is 1. The van der Waals surface area contributed by atoms with E-state index < -0.39 is 0 Å². The number of nitrogens with zero attached hydrogens (tertiary/aromatic N) is 2. The van der Waals surface area contributed by atoms with E-state index in [1.807, 2.05) is 32.0 Å².